The molecule has 3 N–H and O–H groups in total. The van der Waals surface area contributed by atoms with E-state index in [0.29, 0.717) is 0 Å². The minimum atomic E-state index is -0.117. The van der Waals surface area contributed by atoms with E-state index in [-0.39, 0.29) is 6.04 Å². The number of benzene rings is 1. The first-order chi connectivity index (χ1) is 9.22. The fraction of sp³-hybridized carbons (Fsp3) is 0.312. The maximum Gasteiger partial charge on any atom is 0.126 e. The molecule has 0 amide bonds. The number of aromatic nitrogens is 1. The fourth-order valence-corrected chi connectivity index (χ4v) is 2.08. The van der Waals surface area contributed by atoms with Crippen molar-refractivity contribution in [3.8, 4) is 0 Å². The molecule has 19 heavy (non-hydrogen) atoms. The molecule has 1 atom stereocenters. The van der Waals surface area contributed by atoms with Crippen molar-refractivity contribution < 1.29 is 0 Å². The van der Waals surface area contributed by atoms with Crippen LogP contribution in [0.2, 0.25) is 0 Å². The number of anilines is 1. The summed E-state index contributed by atoms with van der Waals surface area (Å²) < 4.78 is 0. The van der Waals surface area contributed by atoms with Gasteiger partial charge in [0.15, 0.2) is 0 Å². The summed E-state index contributed by atoms with van der Waals surface area (Å²) in [5.74, 6) is 0.920. The number of aryl methyl sites for hydroxylation is 1. The normalized spacial score (nSPS) is 12.2. The fourth-order valence-electron chi connectivity index (χ4n) is 2.08. The van der Waals surface area contributed by atoms with Gasteiger partial charge in [0, 0.05) is 12.7 Å². The number of rotatable bonds is 5. The summed E-state index contributed by atoms with van der Waals surface area (Å²) in [7, 11) is 0. The van der Waals surface area contributed by atoms with Crippen molar-refractivity contribution in [1.82, 2.24) is 4.98 Å². The average Bonchev–Trinajstić information content (AvgIpc) is 2.45. The van der Waals surface area contributed by atoms with Gasteiger partial charge in [-0.05, 0) is 36.1 Å². The Morgan fingerprint density at radius 2 is 2.00 bits per heavy atom. The molecule has 0 spiro atoms. The summed E-state index contributed by atoms with van der Waals surface area (Å²) in [6.45, 7) is 5.16. The Morgan fingerprint density at radius 1 is 1.26 bits per heavy atom. The zero-order valence-corrected chi connectivity index (χ0v) is 11.6. The van der Waals surface area contributed by atoms with Crippen molar-refractivity contribution >= 4 is 5.82 Å². The predicted molar refractivity (Wildman–Crippen MR) is 80.2 cm³/mol. The van der Waals surface area contributed by atoms with Crippen molar-refractivity contribution in [3.05, 3.63) is 59.3 Å². The highest BCUT2D eigenvalue weighted by atomic mass is 15.0. The monoisotopic (exact) mass is 255 g/mol. The summed E-state index contributed by atoms with van der Waals surface area (Å²) in [6.07, 6.45) is 2.97. The highest BCUT2D eigenvalue weighted by Crippen LogP contribution is 2.23. The topological polar surface area (TPSA) is 50.9 Å². The standard InChI is InChI=1S/C16H21N3/c1-3-9-18-15-10-12(2)14(11-19-15)16(17)13-7-5-4-6-8-13/h4-8,10-11,16H,3,9,17H2,1-2H3,(H,18,19)/t16-/m1/s1. The molecule has 1 heterocycles. The van der Waals surface area contributed by atoms with Crippen LogP contribution in [0, 0.1) is 6.92 Å². The van der Waals surface area contributed by atoms with Gasteiger partial charge in [-0.2, -0.15) is 0 Å². The first-order valence-electron chi connectivity index (χ1n) is 6.73. The summed E-state index contributed by atoms with van der Waals surface area (Å²) >= 11 is 0. The molecule has 0 aliphatic carbocycles. The first kappa shape index (κ1) is 13.6. The lowest BCUT2D eigenvalue weighted by Crippen LogP contribution is -2.14. The second-order valence-corrected chi connectivity index (χ2v) is 4.74. The lowest BCUT2D eigenvalue weighted by atomic mass is 9.97. The molecule has 0 fully saturated rings. The number of nitrogens with one attached hydrogen (secondary N) is 1. The van der Waals surface area contributed by atoms with Crippen molar-refractivity contribution in [2.45, 2.75) is 26.3 Å². The van der Waals surface area contributed by atoms with Gasteiger partial charge in [0.25, 0.3) is 0 Å². The zero-order valence-electron chi connectivity index (χ0n) is 11.6. The Morgan fingerprint density at radius 3 is 2.63 bits per heavy atom. The van der Waals surface area contributed by atoms with Crippen LogP contribution in [-0.4, -0.2) is 11.5 Å². The zero-order chi connectivity index (χ0) is 13.7. The number of pyridine rings is 1. The molecule has 0 saturated carbocycles. The van der Waals surface area contributed by atoms with Crippen LogP contribution in [0.4, 0.5) is 5.82 Å². The van der Waals surface area contributed by atoms with Crippen LogP contribution < -0.4 is 11.1 Å². The van der Waals surface area contributed by atoms with Gasteiger partial charge in [0.1, 0.15) is 5.82 Å². The number of hydrogen-bond donors (Lipinski definition) is 2. The smallest absolute Gasteiger partial charge is 0.126 e. The van der Waals surface area contributed by atoms with Gasteiger partial charge in [-0.25, -0.2) is 4.98 Å². The predicted octanol–water partition coefficient (Wildman–Crippen LogP) is 3.26. The highest BCUT2D eigenvalue weighted by molar-refractivity contribution is 5.43. The highest BCUT2D eigenvalue weighted by Gasteiger charge is 2.12. The molecular formula is C16H21N3. The molecule has 2 rings (SSSR count). The maximum atomic E-state index is 6.31. The van der Waals surface area contributed by atoms with E-state index in [9.17, 15) is 0 Å². The van der Waals surface area contributed by atoms with Crippen LogP contribution in [0.1, 0.15) is 36.1 Å². The Balaban J connectivity index is 2.21. The van der Waals surface area contributed by atoms with Crippen LogP contribution in [0.25, 0.3) is 0 Å². The van der Waals surface area contributed by atoms with E-state index in [1.54, 1.807) is 0 Å². The molecule has 3 heteroatoms. The van der Waals surface area contributed by atoms with Crippen molar-refractivity contribution in [3.63, 3.8) is 0 Å². The van der Waals surface area contributed by atoms with Crippen molar-refractivity contribution in [2.75, 3.05) is 11.9 Å². The van der Waals surface area contributed by atoms with Gasteiger partial charge >= 0.3 is 0 Å². The van der Waals surface area contributed by atoms with Crippen LogP contribution in [0.15, 0.2) is 42.6 Å². The van der Waals surface area contributed by atoms with E-state index >= 15 is 0 Å². The second-order valence-electron chi connectivity index (χ2n) is 4.74. The minimum absolute atomic E-state index is 0.117. The Kier molecular flexibility index (Phi) is 4.53. The Hall–Kier alpha value is -1.87. The number of hydrogen-bond acceptors (Lipinski definition) is 3. The molecule has 0 unspecified atom stereocenters. The quantitative estimate of drug-likeness (QED) is 0.862. The molecule has 1 aromatic heterocycles. The summed E-state index contributed by atoms with van der Waals surface area (Å²) in [5.41, 5.74) is 9.67. The average molecular weight is 255 g/mol. The third-order valence-corrected chi connectivity index (χ3v) is 3.20. The van der Waals surface area contributed by atoms with Crippen LogP contribution in [0.3, 0.4) is 0 Å². The summed E-state index contributed by atoms with van der Waals surface area (Å²) in [5, 5.41) is 3.29. The summed E-state index contributed by atoms with van der Waals surface area (Å²) in [4.78, 5) is 4.43. The minimum Gasteiger partial charge on any atom is -0.370 e. The Labute approximate surface area is 114 Å². The lowest BCUT2D eigenvalue weighted by molar-refractivity contribution is 0.851. The molecule has 0 aliphatic rings. The molecule has 2 aromatic rings. The van der Waals surface area contributed by atoms with Crippen LogP contribution in [0.5, 0.6) is 0 Å². The van der Waals surface area contributed by atoms with E-state index in [1.807, 2.05) is 36.5 Å². The van der Waals surface area contributed by atoms with E-state index in [2.05, 4.69) is 30.2 Å². The largest absolute Gasteiger partial charge is 0.370 e. The molecule has 0 radical (unpaired) electrons. The molecule has 0 saturated heterocycles. The van der Waals surface area contributed by atoms with E-state index in [1.165, 1.54) is 5.56 Å². The third-order valence-electron chi connectivity index (χ3n) is 3.20. The Bertz CT molecular complexity index is 523. The molecule has 100 valence electrons. The van der Waals surface area contributed by atoms with E-state index in [4.69, 9.17) is 5.73 Å². The van der Waals surface area contributed by atoms with Crippen LogP contribution >= 0.6 is 0 Å². The van der Waals surface area contributed by atoms with E-state index < -0.39 is 0 Å². The molecule has 0 aliphatic heterocycles. The van der Waals surface area contributed by atoms with Gasteiger partial charge in [0.05, 0.1) is 6.04 Å². The van der Waals surface area contributed by atoms with Gasteiger partial charge in [-0.1, -0.05) is 37.3 Å². The van der Waals surface area contributed by atoms with Gasteiger partial charge in [0.2, 0.25) is 0 Å². The summed E-state index contributed by atoms with van der Waals surface area (Å²) in [6, 6.07) is 12.1. The molecular weight excluding hydrogens is 234 g/mol. The van der Waals surface area contributed by atoms with Crippen molar-refractivity contribution in [1.29, 1.82) is 0 Å². The number of nitrogens with two attached hydrogens (primary N) is 1. The van der Waals surface area contributed by atoms with Crippen molar-refractivity contribution in [2.24, 2.45) is 5.73 Å². The molecule has 3 nitrogen and oxygen atoms in total. The van der Waals surface area contributed by atoms with Gasteiger partial charge < -0.3 is 11.1 Å². The third kappa shape index (κ3) is 3.32. The van der Waals surface area contributed by atoms with Gasteiger partial charge in [-0.15, -0.1) is 0 Å². The lowest BCUT2D eigenvalue weighted by Gasteiger charge is -2.16. The number of nitrogens with zero attached hydrogens (tertiary/aromatic N) is 1. The molecule has 0 bridgehead atoms. The SMILES string of the molecule is CCCNc1cc(C)c([C@H](N)c2ccccc2)cn1. The van der Waals surface area contributed by atoms with Crippen LogP contribution in [-0.2, 0) is 0 Å². The van der Waals surface area contributed by atoms with E-state index in [0.717, 1.165) is 29.9 Å². The second kappa shape index (κ2) is 6.34. The first-order valence-corrected chi connectivity index (χ1v) is 6.73. The maximum absolute atomic E-state index is 6.31. The van der Waals surface area contributed by atoms with Gasteiger partial charge in [-0.3, -0.25) is 0 Å². The molecule has 1 aromatic carbocycles.